The molecule has 2 aliphatic carbocycles. The number of fused-ring (bicyclic) bond motifs is 3. The molecule has 4 aromatic rings. The summed E-state index contributed by atoms with van der Waals surface area (Å²) in [5.41, 5.74) is 9.76. The van der Waals surface area contributed by atoms with Crippen LogP contribution in [0.3, 0.4) is 0 Å². The minimum atomic E-state index is -4.62. The predicted octanol–water partition coefficient (Wildman–Crippen LogP) is 9.53. The van der Waals surface area contributed by atoms with Gasteiger partial charge in [0.15, 0.2) is 5.01 Å². The minimum absolute atomic E-state index is 0. The summed E-state index contributed by atoms with van der Waals surface area (Å²) in [6, 6.07) is 15.0. The van der Waals surface area contributed by atoms with Gasteiger partial charge >= 0.3 is 6.18 Å². The summed E-state index contributed by atoms with van der Waals surface area (Å²) in [5, 5.41) is 4.02. The number of hydrogen-bond donors (Lipinski definition) is 1. The molecule has 0 bridgehead atoms. The Kier molecular flexibility index (Phi) is 10.1. The standard InChI is InChI=1S/C26H22F3N3OS.2C2H6.CH4/c27-26(28,29)21-22(14-4-2-1-3-5-14)32-33-23(21)25-31-20-11-8-17-12-15(16-6-9-18(30)13-16)7-10-19(17)24(20)34-25;2*1-2;/h1-5,7,10,12,16,18H,6,8-9,11,13,30H2;2*1-2H3;1H4. The largest absolute Gasteiger partial charge is 0.422 e. The Morgan fingerprint density at radius 1 is 0.974 bits per heavy atom. The van der Waals surface area contributed by atoms with Crippen LogP contribution in [0.2, 0.25) is 0 Å². The zero-order chi connectivity index (χ0) is 27.4. The molecule has 0 saturated heterocycles. The number of halogens is 3. The van der Waals surface area contributed by atoms with Crippen molar-refractivity contribution in [3.05, 3.63) is 70.9 Å². The third kappa shape index (κ3) is 6.12. The molecule has 0 radical (unpaired) electrons. The molecule has 1 saturated carbocycles. The van der Waals surface area contributed by atoms with Crippen LogP contribution in [0.4, 0.5) is 13.2 Å². The molecule has 1 fully saturated rings. The molecular formula is C31H38F3N3OS. The molecule has 210 valence electrons. The molecule has 6 rings (SSSR count). The van der Waals surface area contributed by atoms with E-state index in [1.807, 2.05) is 27.7 Å². The summed E-state index contributed by atoms with van der Waals surface area (Å²) in [6.07, 6.45) is 0.0361. The van der Waals surface area contributed by atoms with Gasteiger partial charge in [-0.2, -0.15) is 13.2 Å². The van der Waals surface area contributed by atoms with E-state index in [0.717, 1.165) is 41.8 Å². The van der Waals surface area contributed by atoms with Crippen molar-refractivity contribution >= 4 is 11.3 Å². The SMILES string of the molecule is C.CC.CC.NC1CCC(c2ccc3c(c2)CCc2nc(-c4onc(-c5ccccc5)c4C(F)(F)F)sc2-3)C1. The Hall–Kier alpha value is -2.97. The number of aryl methyl sites for hydroxylation is 2. The molecular weight excluding hydrogens is 519 g/mol. The average Bonchev–Trinajstić information content (AvgIpc) is 3.68. The molecule has 39 heavy (non-hydrogen) atoms. The minimum Gasteiger partial charge on any atom is -0.352 e. The van der Waals surface area contributed by atoms with Gasteiger partial charge in [-0.3, -0.25) is 0 Å². The highest BCUT2D eigenvalue weighted by Gasteiger charge is 2.42. The quantitative estimate of drug-likeness (QED) is 0.272. The maximum atomic E-state index is 14.1. The summed E-state index contributed by atoms with van der Waals surface area (Å²) >= 11 is 1.24. The van der Waals surface area contributed by atoms with E-state index >= 15 is 0 Å². The van der Waals surface area contributed by atoms with E-state index in [2.05, 4.69) is 28.3 Å². The lowest BCUT2D eigenvalue weighted by Gasteiger charge is -2.18. The van der Waals surface area contributed by atoms with Crippen molar-refractivity contribution in [1.82, 2.24) is 10.1 Å². The van der Waals surface area contributed by atoms with Crippen LogP contribution >= 0.6 is 11.3 Å². The van der Waals surface area contributed by atoms with Crippen LogP contribution in [-0.4, -0.2) is 16.2 Å². The zero-order valence-corrected chi connectivity index (χ0v) is 23.0. The van der Waals surface area contributed by atoms with Crippen molar-refractivity contribution in [1.29, 1.82) is 0 Å². The van der Waals surface area contributed by atoms with Crippen LogP contribution in [0.15, 0.2) is 53.1 Å². The van der Waals surface area contributed by atoms with Gasteiger partial charge in [-0.05, 0) is 54.7 Å². The Morgan fingerprint density at radius 3 is 2.33 bits per heavy atom. The molecule has 2 aromatic heterocycles. The van der Waals surface area contributed by atoms with E-state index in [1.54, 1.807) is 30.3 Å². The fourth-order valence-corrected chi connectivity index (χ4v) is 6.34. The molecule has 2 aliphatic rings. The third-order valence-corrected chi connectivity index (χ3v) is 7.99. The maximum Gasteiger partial charge on any atom is 0.422 e. The second kappa shape index (κ2) is 12.9. The van der Waals surface area contributed by atoms with E-state index in [9.17, 15) is 13.2 Å². The van der Waals surface area contributed by atoms with Crippen molar-refractivity contribution in [2.24, 2.45) is 5.73 Å². The summed E-state index contributed by atoms with van der Waals surface area (Å²) in [6.45, 7) is 8.00. The lowest BCUT2D eigenvalue weighted by Crippen LogP contribution is -2.14. The molecule has 8 heteroatoms. The second-order valence-corrected chi connectivity index (χ2v) is 10.1. The van der Waals surface area contributed by atoms with Gasteiger partial charge in [0.2, 0.25) is 5.76 Å². The number of aromatic nitrogens is 2. The van der Waals surface area contributed by atoms with Gasteiger partial charge in [0.25, 0.3) is 0 Å². The fraction of sp³-hybridized carbons (Fsp3) is 0.419. The van der Waals surface area contributed by atoms with Gasteiger partial charge in [0, 0.05) is 11.6 Å². The highest BCUT2D eigenvalue weighted by Crippen LogP contribution is 2.47. The van der Waals surface area contributed by atoms with Crippen LogP contribution in [0.5, 0.6) is 0 Å². The summed E-state index contributed by atoms with van der Waals surface area (Å²) in [4.78, 5) is 5.49. The number of nitrogens with two attached hydrogens (primary N) is 1. The number of alkyl halides is 3. The van der Waals surface area contributed by atoms with Crippen molar-refractivity contribution < 1.29 is 17.7 Å². The van der Waals surface area contributed by atoms with Gasteiger partial charge in [0.05, 0.1) is 10.6 Å². The van der Waals surface area contributed by atoms with E-state index in [1.165, 1.54) is 22.5 Å². The van der Waals surface area contributed by atoms with Crippen LogP contribution in [0.25, 0.3) is 32.5 Å². The highest BCUT2D eigenvalue weighted by atomic mass is 32.1. The van der Waals surface area contributed by atoms with E-state index in [0.29, 0.717) is 17.9 Å². The molecule has 0 spiro atoms. The molecule has 2 atom stereocenters. The fourth-order valence-electron chi connectivity index (χ4n) is 5.19. The second-order valence-electron chi connectivity index (χ2n) is 9.08. The van der Waals surface area contributed by atoms with Crippen molar-refractivity contribution in [3.63, 3.8) is 0 Å². The number of nitrogens with zero attached hydrogens (tertiary/aromatic N) is 2. The Morgan fingerprint density at radius 2 is 1.69 bits per heavy atom. The van der Waals surface area contributed by atoms with Crippen LogP contribution in [-0.2, 0) is 19.0 Å². The van der Waals surface area contributed by atoms with Gasteiger partial charge in [-0.15, -0.1) is 11.3 Å². The van der Waals surface area contributed by atoms with Gasteiger partial charge in [-0.25, -0.2) is 4.98 Å². The number of benzene rings is 2. The smallest absolute Gasteiger partial charge is 0.352 e. The van der Waals surface area contributed by atoms with Crippen LogP contribution < -0.4 is 5.73 Å². The van der Waals surface area contributed by atoms with Gasteiger partial charge in [-0.1, -0.05) is 88.8 Å². The van der Waals surface area contributed by atoms with Crippen molar-refractivity contribution in [2.75, 3.05) is 0 Å². The number of hydrogen-bond acceptors (Lipinski definition) is 5. The van der Waals surface area contributed by atoms with Crippen LogP contribution in [0, 0.1) is 0 Å². The summed E-state index contributed by atoms with van der Waals surface area (Å²) < 4.78 is 47.7. The maximum absolute atomic E-state index is 14.1. The van der Waals surface area contributed by atoms with Crippen LogP contribution in [0.1, 0.15) is 82.7 Å². The lowest BCUT2D eigenvalue weighted by molar-refractivity contribution is -0.136. The van der Waals surface area contributed by atoms with Crippen molar-refractivity contribution in [2.45, 2.75) is 85.4 Å². The molecule has 0 amide bonds. The molecule has 4 nitrogen and oxygen atoms in total. The molecule has 2 heterocycles. The third-order valence-electron chi connectivity index (χ3n) is 6.86. The Labute approximate surface area is 233 Å². The summed E-state index contributed by atoms with van der Waals surface area (Å²) in [5.74, 6) is 0.169. The van der Waals surface area contributed by atoms with Crippen molar-refractivity contribution in [3.8, 4) is 32.5 Å². The monoisotopic (exact) mass is 557 g/mol. The molecule has 2 aromatic carbocycles. The lowest BCUT2D eigenvalue weighted by atomic mass is 9.88. The van der Waals surface area contributed by atoms with Gasteiger partial charge < -0.3 is 10.3 Å². The number of thiazole rings is 1. The van der Waals surface area contributed by atoms with E-state index in [-0.39, 0.29) is 29.9 Å². The number of rotatable bonds is 3. The zero-order valence-electron chi connectivity index (χ0n) is 22.2. The first kappa shape index (κ1) is 30.6. The molecule has 2 N–H and O–H groups in total. The van der Waals surface area contributed by atoms with Gasteiger partial charge in [0.1, 0.15) is 11.3 Å². The molecule has 0 aliphatic heterocycles. The predicted molar refractivity (Wildman–Crippen MR) is 155 cm³/mol. The molecule has 2 unspecified atom stereocenters. The normalized spacial score (nSPS) is 17.5. The Bertz CT molecular complexity index is 1360. The Balaban J connectivity index is 0.000000805. The average molecular weight is 558 g/mol. The summed E-state index contributed by atoms with van der Waals surface area (Å²) in [7, 11) is 0. The first-order valence-electron chi connectivity index (χ1n) is 13.4. The van der Waals surface area contributed by atoms with E-state index < -0.39 is 11.7 Å². The topological polar surface area (TPSA) is 64.9 Å². The van der Waals surface area contributed by atoms with E-state index in [4.69, 9.17) is 10.3 Å². The first-order chi connectivity index (χ1) is 18.4. The first-order valence-corrected chi connectivity index (χ1v) is 14.2. The highest BCUT2D eigenvalue weighted by molar-refractivity contribution is 7.18.